The molecule has 0 spiro atoms. The van der Waals surface area contributed by atoms with Crippen LogP contribution in [0.1, 0.15) is 111 Å². The Morgan fingerprint density at radius 2 is 1.11 bits per heavy atom. The van der Waals surface area contributed by atoms with Gasteiger partial charge in [-0.3, -0.25) is 4.79 Å². The van der Waals surface area contributed by atoms with E-state index in [-0.39, 0.29) is 5.56 Å². The van der Waals surface area contributed by atoms with Crippen molar-refractivity contribution >= 4 is 10.9 Å². The second-order valence-corrected chi connectivity index (χ2v) is 9.64. The smallest absolute Gasteiger partial charge is 0.297 e. The number of ether oxygens (including phenoxy) is 3. The number of pyridine rings is 1. The molecule has 198 valence electrons. The molecule has 0 saturated carbocycles. The number of rotatable bonds is 20. The van der Waals surface area contributed by atoms with Gasteiger partial charge >= 0.3 is 0 Å². The molecule has 0 aliphatic carbocycles. The molecule has 0 unspecified atom stereocenters. The molecule has 1 heterocycles. The van der Waals surface area contributed by atoms with E-state index in [1.807, 2.05) is 18.2 Å². The molecule has 1 aromatic heterocycles. The van der Waals surface area contributed by atoms with Crippen molar-refractivity contribution < 1.29 is 14.2 Å². The van der Waals surface area contributed by atoms with Crippen LogP contribution in [0, 0.1) is 0 Å². The predicted octanol–water partition coefficient (Wildman–Crippen LogP) is 8.20. The van der Waals surface area contributed by atoms with E-state index in [0.29, 0.717) is 31.3 Å². The number of aryl methyl sites for hydroxylation is 1. The number of benzene rings is 1. The predicted molar refractivity (Wildman–Crippen MR) is 147 cm³/mol. The number of fused-ring (bicyclic) bond motifs is 1. The molecule has 0 amide bonds. The van der Waals surface area contributed by atoms with Crippen molar-refractivity contribution in [3.05, 3.63) is 28.6 Å². The van der Waals surface area contributed by atoms with Crippen LogP contribution >= 0.6 is 0 Å². The van der Waals surface area contributed by atoms with E-state index in [1.54, 1.807) is 11.6 Å². The van der Waals surface area contributed by atoms with E-state index in [2.05, 4.69) is 20.8 Å². The molecule has 5 heteroatoms. The molecule has 0 bridgehead atoms. The van der Waals surface area contributed by atoms with Crippen LogP contribution in [0.4, 0.5) is 0 Å². The van der Waals surface area contributed by atoms with Gasteiger partial charge in [0.25, 0.3) is 5.56 Å². The average Bonchev–Trinajstić information content (AvgIpc) is 2.87. The van der Waals surface area contributed by atoms with Gasteiger partial charge in [-0.05, 0) is 31.4 Å². The third-order valence-corrected chi connectivity index (χ3v) is 6.54. The second-order valence-electron chi connectivity index (χ2n) is 9.64. The second kappa shape index (κ2) is 17.3. The molecule has 2 rings (SSSR count). The summed E-state index contributed by atoms with van der Waals surface area (Å²) in [6.07, 6.45) is 16.2. The zero-order valence-corrected chi connectivity index (χ0v) is 22.8. The largest absolute Gasteiger partial charge is 0.494 e. The first-order chi connectivity index (χ1) is 17.1. The summed E-state index contributed by atoms with van der Waals surface area (Å²) in [7, 11) is 1.80. The molecule has 35 heavy (non-hydrogen) atoms. The molecule has 0 aliphatic heterocycles. The number of aromatic nitrogens is 1. The SMILES string of the molecule is CCCCCCCCOc1c(OCCCCCC)c2ccc(OCCCCCC)cc2n(C)c1=O. The minimum atomic E-state index is -0.146. The van der Waals surface area contributed by atoms with Gasteiger partial charge in [0.2, 0.25) is 5.75 Å². The highest BCUT2D eigenvalue weighted by atomic mass is 16.5. The molecule has 0 saturated heterocycles. The standard InChI is InChI=1S/C30H49NO4/c1-5-8-11-14-15-18-23-35-29-28(34-22-17-13-10-7-3)26-20-19-25(33-21-16-12-9-6-2)24-27(26)31(4)30(29)32/h19-20,24H,5-18,21-23H2,1-4H3. The summed E-state index contributed by atoms with van der Waals surface area (Å²) in [5, 5.41) is 0.902. The van der Waals surface area contributed by atoms with E-state index in [0.717, 1.165) is 48.8 Å². The molecule has 0 atom stereocenters. The number of nitrogens with zero attached hydrogens (tertiary/aromatic N) is 1. The first-order valence-corrected chi connectivity index (χ1v) is 14.2. The van der Waals surface area contributed by atoms with Gasteiger partial charge in [-0.15, -0.1) is 0 Å². The maximum Gasteiger partial charge on any atom is 0.297 e. The first kappa shape index (κ1) is 29.1. The summed E-state index contributed by atoms with van der Waals surface area (Å²) in [6, 6.07) is 5.95. The highest BCUT2D eigenvalue weighted by Gasteiger charge is 2.19. The third-order valence-electron chi connectivity index (χ3n) is 6.54. The number of hydrogen-bond acceptors (Lipinski definition) is 4. The van der Waals surface area contributed by atoms with Crippen molar-refractivity contribution in [3.63, 3.8) is 0 Å². The summed E-state index contributed by atoms with van der Waals surface area (Å²) in [6.45, 7) is 8.46. The van der Waals surface area contributed by atoms with E-state index in [4.69, 9.17) is 14.2 Å². The normalized spacial score (nSPS) is 11.2. The fraction of sp³-hybridized carbons (Fsp3) is 0.700. The first-order valence-electron chi connectivity index (χ1n) is 14.2. The van der Waals surface area contributed by atoms with Gasteiger partial charge in [0.1, 0.15) is 5.75 Å². The Hall–Kier alpha value is -2.17. The molecular formula is C30H49NO4. The van der Waals surface area contributed by atoms with Crippen LogP contribution in [0.15, 0.2) is 23.0 Å². The summed E-state index contributed by atoms with van der Waals surface area (Å²) in [4.78, 5) is 13.3. The highest BCUT2D eigenvalue weighted by Crippen LogP contribution is 2.35. The Labute approximate surface area is 213 Å². The van der Waals surface area contributed by atoms with Crippen molar-refractivity contribution in [2.45, 2.75) is 111 Å². The van der Waals surface area contributed by atoms with E-state index >= 15 is 0 Å². The topological polar surface area (TPSA) is 49.7 Å². The molecule has 5 nitrogen and oxygen atoms in total. The Kier molecular flexibility index (Phi) is 14.4. The Bertz CT molecular complexity index is 905. The lowest BCUT2D eigenvalue weighted by Gasteiger charge is -2.18. The minimum Gasteiger partial charge on any atom is -0.494 e. The van der Waals surface area contributed by atoms with Crippen molar-refractivity contribution in [2.24, 2.45) is 7.05 Å². The van der Waals surface area contributed by atoms with Crippen LogP contribution < -0.4 is 19.8 Å². The van der Waals surface area contributed by atoms with Crippen LogP contribution in [-0.4, -0.2) is 24.4 Å². The van der Waals surface area contributed by atoms with Crippen molar-refractivity contribution in [2.75, 3.05) is 19.8 Å². The van der Waals surface area contributed by atoms with E-state index < -0.39 is 0 Å². The highest BCUT2D eigenvalue weighted by molar-refractivity contribution is 5.89. The lowest BCUT2D eigenvalue weighted by atomic mass is 10.1. The Morgan fingerprint density at radius 3 is 1.71 bits per heavy atom. The monoisotopic (exact) mass is 487 g/mol. The summed E-state index contributed by atoms with van der Waals surface area (Å²) >= 11 is 0. The van der Waals surface area contributed by atoms with Crippen molar-refractivity contribution in [1.82, 2.24) is 4.57 Å². The van der Waals surface area contributed by atoms with Gasteiger partial charge in [0.05, 0.1) is 25.3 Å². The molecule has 1 aromatic carbocycles. The van der Waals surface area contributed by atoms with Crippen LogP contribution in [0.25, 0.3) is 10.9 Å². The zero-order chi connectivity index (χ0) is 25.3. The maximum atomic E-state index is 13.3. The van der Waals surface area contributed by atoms with Gasteiger partial charge < -0.3 is 18.8 Å². The lowest BCUT2D eigenvalue weighted by molar-refractivity contribution is 0.257. The van der Waals surface area contributed by atoms with Crippen molar-refractivity contribution in [1.29, 1.82) is 0 Å². The van der Waals surface area contributed by atoms with Crippen LogP contribution in [0.2, 0.25) is 0 Å². The molecular weight excluding hydrogens is 438 g/mol. The van der Waals surface area contributed by atoms with Gasteiger partial charge in [-0.1, -0.05) is 91.4 Å². The molecule has 0 aliphatic rings. The molecule has 0 N–H and O–H groups in total. The van der Waals surface area contributed by atoms with Gasteiger partial charge in [0, 0.05) is 18.5 Å². The van der Waals surface area contributed by atoms with Crippen molar-refractivity contribution in [3.8, 4) is 17.2 Å². The summed E-state index contributed by atoms with van der Waals surface area (Å²) in [5.41, 5.74) is 0.670. The van der Waals surface area contributed by atoms with Gasteiger partial charge in [-0.2, -0.15) is 0 Å². The lowest BCUT2D eigenvalue weighted by Crippen LogP contribution is -2.21. The fourth-order valence-electron chi connectivity index (χ4n) is 4.30. The van der Waals surface area contributed by atoms with E-state index in [9.17, 15) is 4.79 Å². The summed E-state index contributed by atoms with van der Waals surface area (Å²) < 4.78 is 20.0. The Balaban J connectivity index is 2.18. The van der Waals surface area contributed by atoms with Gasteiger partial charge in [0.15, 0.2) is 5.75 Å². The maximum absolute atomic E-state index is 13.3. The average molecular weight is 488 g/mol. The quantitative estimate of drug-likeness (QED) is 0.177. The fourth-order valence-corrected chi connectivity index (χ4v) is 4.30. The molecule has 2 aromatic rings. The molecule has 0 radical (unpaired) electrons. The van der Waals surface area contributed by atoms with E-state index in [1.165, 1.54) is 57.8 Å². The van der Waals surface area contributed by atoms with Crippen LogP contribution in [0.3, 0.4) is 0 Å². The third kappa shape index (κ3) is 9.77. The van der Waals surface area contributed by atoms with Crippen LogP contribution in [0.5, 0.6) is 17.2 Å². The zero-order valence-electron chi connectivity index (χ0n) is 22.8. The van der Waals surface area contributed by atoms with Crippen LogP contribution in [-0.2, 0) is 7.05 Å². The van der Waals surface area contributed by atoms with Gasteiger partial charge in [-0.25, -0.2) is 0 Å². The minimum absolute atomic E-state index is 0.146. The number of hydrogen-bond donors (Lipinski definition) is 0. The summed E-state index contributed by atoms with van der Waals surface area (Å²) in [5.74, 6) is 1.72. The number of unbranched alkanes of at least 4 members (excludes halogenated alkanes) is 11. The molecule has 0 fully saturated rings. The Morgan fingerprint density at radius 1 is 0.629 bits per heavy atom.